The third-order valence-corrected chi connectivity index (χ3v) is 6.00. The summed E-state index contributed by atoms with van der Waals surface area (Å²) < 4.78 is 1.18. The van der Waals surface area contributed by atoms with Crippen LogP contribution in [0.2, 0.25) is 0 Å². The predicted molar refractivity (Wildman–Crippen MR) is 112 cm³/mol. The zero-order valence-electron chi connectivity index (χ0n) is 15.9. The second-order valence-electron chi connectivity index (χ2n) is 7.06. The first-order valence-electron chi connectivity index (χ1n) is 9.39. The van der Waals surface area contributed by atoms with Crippen molar-refractivity contribution in [2.45, 2.75) is 38.0 Å². The molecule has 3 aromatic rings. The van der Waals surface area contributed by atoms with E-state index in [1.165, 1.54) is 4.70 Å². The highest BCUT2D eigenvalue weighted by Gasteiger charge is 2.35. The number of para-hydroxylation sites is 1. The van der Waals surface area contributed by atoms with Gasteiger partial charge in [0.25, 0.3) is 0 Å². The number of thiazole rings is 1. The Bertz CT molecular complexity index is 922. The number of fused-ring (bicyclic) bond motifs is 1. The molecule has 1 amide bonds. The summed E-state index contributed by atoms with van der Waals surface area (Å²) in [6, 6.07) is 17.1. The SMILES string of the molecule is CC(CNC(=O)CCCCc1nc2ccccc2s1)(C(=O)O)c1ccccc1. The van der Waals surface area contributed by atoms with E-state index in [0.717, 1.165) is 29.8 Å². The van der Waals surface area contributed by atoms with Crippen LogP contribution in [0, 0.1) is 0 Å². The van der Waals surface area contributed by atoms with Gasteiger partial charge in [0.05, 0.1) is 15.2 Å². The topological polar surface area (TPSA) is 79.3 Å². The molecule has 2 aromatic carbocycles. The Hall–Kier alpha value is -2.73. The fraction of sp³-hybridized carbons (Fsp3) is 0.318. The molecular weight excluding hydrogens is 372 g/mol. The first-order chi connectivity index (χ1) is 13.5. The van der Waals surface area contributed by atoms with E-state index in [-0.39, 0.29) is 12.5 Å². The third kappa shape index (κ3) is 4.75. The first kappa shape index (κ1) is 20.0. The molecule has 2 N–H and O–H groups in total. The van der Waals surface area contributed by atoms with Gasteiger partial charge in [0.2, 0.25) is 5.91 Å². The van der Waals surface area contributed by atoms with Crippen LogP contribution < -0.4 is 5.32 Å². The van der Waals surface area contributed by atoms with Crippen LogP contribution in [-0.2, 0) is 21.4 Å². The molecule has 0 bridgehead atoms. The van der Waals surface area contributed by atoms with E-state index >= 15 is 0 Å². The number of nitrogens with zero attached hydrogens (tertiary/aromatic N) is 1. The number of benzene rings is 2. The minimum Gasteiger partial charge on any atom is -0.481 e. The van der Waals surface area contributed by atoms with E-state index in [2.05, 4.69) is 16.4 Å². The number of carboxylic acid groups (broad SMARTS) is 1. The van der Waals surface area contributed by atoms with Gasteiger partial charge in [0.15, 0.2) is 0 Å². The van der Waals surface area contributed by atoms with Crippen molar-refractivity contribution in [1.82, 2.24) is 10.3 Å². The zero-order chi connectivity index (χ0) is 20.0. The molecular formula is C22H24N2O3S. The smallest absolute Gasteiger partial charge is 0.315 e. The maximum atomic E-state index is 12.2. The number of hydrogen-bond donors (Lipinski definition) is 2. The van der Waals surface area contributed by atoms with E-state index in [1.54, 1.807) is 42.5 Å². The summed E-state index contributed by atoms with van der Waals surface area (Å²) in [6.07, 6.45) is 2.86. The van der Waals surface area contributed by atoms with E-state index in [0.29, 0.717) is 12.0 Å². The fourth-order valence-corrected chi connectivity index (χ4v) is 4.07. The summed E-state index contributed by atoms with van der Waals surface area (Å²) in [4.78, 5) is 28.6. The van der Waals surface area contributed by atoms with Gasteiger partial charge in [-0.25, -0.2) is 4.98 Å². The lowest BCUT2D eigenvalue weighted by molar-refractivity contribution is -0.143. The summed E-state index contributed by atoms with van der Waals surface area (Å²) in [5.74, 6) is -1.07. The number of carboxylic acids is 1. The Morgan fingerprint density at radius 1 is 1.07 bits per heavy atom. The number of aryl methyl sites for hydroxylation is 1. The van der Waals surface area contributed by atoms with Crippen LogP contribution in [0.3, 0.4) is 0 Å². The molecule has 0 aliphatic heterocycles. The number of hydrogen-bond acceptors (Lipinski definition) is 4. The Kier molecular flexibility index (Phi) is 6.41. The average Bonchev–Trinajstić information content (AvgIpc) is 3.13. The molecule has 6 heteroatoms. The minimum absolute atomic E-state index is 0.0725. The Balaban J connectivity index is 1.45. The normalized spacial score (nSPS) is 13.2. The molecule has 0 aliphatic carbocycles. The standard InChI is InChI=1S/C22H24N2O3S/c1-22(21(26)27,16-9-3-2-4-10-16)15-23-19(25)13-7-8-14-20-24-17-11-5-6-12-18(17)28-20/h2-6,9-12H,7-8,13-15H2,1H3,(H,23,25)(H,26,27). The van der Waals surface area contributed by atoms with Crippen molar-refractivity contribution in [3.63, 3.8) is 0 Å². The molecule has 0 aliphatic rings. The molecule has 1 aromatic heterocycles. The molecule has 0 saturated heterocycles. The maximum absolute atomic E-state index is 12.2. The average molecular weight is 397 g/mol. The summed E-state index contributed by atoms with van der Waals surface area (Å²) >= 11 is 1.69. The lowest BCUT2D eigenvalue weighted by Gasteiger charge is -2.25. The summed E-state index contributed by atoms with van der Waals surface area (Å²) in [6.45, 7) is 1.71. The third-order valence-electron chi connectivity index (χ3n) is 4.90. The molecule has 28 heavy (non-hydrogen) atoms. The molecule has 0 saturated carbocycles. The van der Waals surface area contributed by atoms with Gasteiger partial charge in [-0.05, 0) is 43.9 Å². The molecule has 3 rings (SSSR count). The van der Waals surface area contributed by atoms with Crippen molar-refractivity contribution in [2.24, 2.45) is 0 Å². The second-order valence-corrected chi connectivity index (χ2v) is 8.18. The monoisotopic (exact) mass is 396 g/mol. The van der Waals surface area contributed by atoms with Gasteiger partial charge in [0, 0.05) is 13.0 Å². The number of carbonyl (C=O) groups is 2. The van der Waals surface area contributed by atoms with Gasteiger partial charge in [0.1, 0.15) is 5.41 Å². The van der Waals surface area contributed by atoms with Crippen molar-refractivity contribution in [3.05, 3.63) is 65.2 Å². The lowest BCUT2D eigenvalue weighted by atomic mass is 9.82. The number of rotatable bonds is 9. The second kappa shape index (κ2) is 8.97. The highest BCUT2D eigenvalue weighted by atomic mass is 32.1. The predicted octanol–water partition coefficient (Wildman–Crippen LogP) is 4.17. The molecule has 146 valence electrons. The molecule has 1 unspecified atom stereocenters. The number of amides is 1. The number of nitrogens with one attached hydrogen (secondary N) is 1. The quantitative estimate of drug-likeness (QED) is 0.532. The van der Waals surface area contributed by atoms with E-state index < -0.39 is 11.4 Å². The molecule has 1 atom stereocenters. The first-order valence-corrected chi connectivity index (χ1v) is 10.2. The van der Waals surface area contributed by atoms with Crippen molar-refractivity contribution >= 4 is 33.4 Å². The van der Waals surface area contributed by atoms with Crippen LogP contribution in [0.5, 0.6) is 0 Å². The van der Waals surface area contributed by atoms with E-state index in [4.69, 9.17) is 0 Å². The van der Waals surface area contributed by atoms with Gasteiger partial charge in [-0.15, -0.1) is 11.3 Å². The molecule has 0 radical (unpaired) electrons. The van der Waals surface area contributed by atoms with Crippen molar-refractivity contribution < 1.29 is 14.7 Å². The summed E-state index contributed by atoms with van der Waals surface area (Å²) in [5, 5.41) is 13.5. The van der Waals surface area contributed by atoms with Crippen LogP contribution in [0.15, 0.2) is 54.6 Å². The minimum atomic E-state index is -1.14. The maximum Gasteiger partial charge on any atom is 0.315 e. The number of unbranched alkanes of at least 4 members (excludes halogenated alkanes) is 1. The Morgan fingerprint density at radius 3 is 2.50 bits per heavy atom. The number of aliphatic carboxylic acids is 1. The molecule has 0 fully saturated rings. The van der Waals surface area contributed by atoms with E-state index in [1.807, 2.05) is 24.3 Å². The van der Waals surface area contributed by atoms with Crippen molar-refractivity contribution in [2.75, 3.05) is 6.54 Å². The van der Waals surface area contributed by atoms with Crippen LogP contribution in [-0.4, -0.2) is 28.5 Å². The molecule has 0 spiro atoms. The molecule has 5 nitrogen and oxygen atoms in total. The van der Waals surface area contributed by atoms with Crippen molar-refractivity contribution in [1.29, 1.82) is 0 Å². The largest absolute Gasteiger partial charge is 0.481 e. The highest BCUT2D eigenvalue weighted by Crippen LogP contribution is 2.24. The summed E-state index contributed by atoms with van der Waals surface area (Å²) in [7, 11) is 0. The van der Waals surface area contributed by atoms with Gasteiger partial charge >= 0.3 is 5.97 Å². The zero-order valence-corrected chi connectivity index (χ0v) is 16.7. The van der Waals surface area contributed by atoms with Gasteiger partial charge in [-0.3, -0.25) is 9.59 Å². The Morgan fingerprint density at radius 2 is 1.79 bits per heavy atom. The fourth-order valence-electron chi connectivity index (χ4n) is 3.06. The van der Waals surface area contributed by atoms with Gasteiger partial charge < -0.3 is 10.4 Å². The van der Waals surface area contributed by atoms with Crippen LogP contribution in [0.4, 0.5) is 0 Å². The number of aromatic nitrogens is 1. The molecule has 1 heterocycles. The van der Waals surface area contributed by atoms with Crippen LogP contribution >= 0.6 is 11.3 Å². The van der Waals surface area contributed by atoms with E-state index in [9.17, 15) is 14.7 Å². The highest BCUT2D eigenvalue weighted by molar-refractivity contribution is 7.18. The summed E-state index contributed by atoms with van der Waals surface area (Å²) in [5.41, 5.74) is 0.561. The number of carbonyl (C=O) groups excluding carboxylic acids is 1. The van der Waals surface area contributed by atoms with Crippen LogP contribution in [0.1, 0.15) is 36.8 Å². The van der Waals surface area contributed by atoms with Gasteiger partial charge in [-0.1, -0.05) is 42.5 Å². The Labute approximate surface area is 168 Å². The van der Waals surface area contributed by atoms with Crippen LogP contribution in [0.25, 0.3) is 10.2 Å². The lowest BCUT2D eigenvalue weighted by Crippen LogP contribution is -2.44. The van der Waals surface area contributed by atoms with Gasteiger partial charge in [-0.2, -0.15) is 0 Å². The van der Waals surface area contributed by atoms with Crippen molar-refractivity contribution in [3.8, 4) is 0 Å².